The van der Waals surface area contributed by atoms with Gasteiger partial charge in [-0.3, -0.25) is 0 Å². The van der Waals surface area contributed by atoms with Crippen molar-refractivity contribution >= 4 is 6.03 Å². The molecule has 3 heteroatoms. The minimum Gasteiger partial charge on any atom is -0.319 e. The van der Waals surface area contributed by atoms with Crippen LogP contribution in [0.15, 0.2) is 11.8 Å². The van der Waals surface area contributed by atoms with Crippen molar-refractivity contribution in [1.82, 2.24) is 10.2 Å². The summed E-state index contributed by atoms with van der Waals surface area (Å²) in [6, 6.07) is 0.810. The second kappa shape index (κ2) is 6.44. The molecule has 2 atom stereocenters. The Balaban J connectivity index is 1.90. The Morgan fingerprint density at radius 3 is 2.21 bits per heavy atom. The Morgan fingerprint density at radius 1 is 1.05 bits per heavy atom. The summed E-state index contributed by atoms with van der Waals surface area (Å²) < 4.78 is 0. The van der Waals surface area contributed by atoms with Gasteiger partial charge in [0.15, 0.2) is 0 Å². The molecule has 1 aliphatic heterocycles. The van der Waals surface area contributed by atoms with E-state index in [1.54, 1.807) is 0 Å². The zero-order valence-electron chi connectivity index (χ0n) is 12.6. The summed E-state index contributed by atoms with van der Waals surface area (Å²) >= 11 is 0. The number of hydrogen-bond acceptors (Lipinski definition) is 1. The third kappa shape index (κ3) is 3.52. The van der Waals surface area contributed by atoms with Crippen LogP contribution in [0.4, 0.5) is 4.79 Å². The van der Waals surface area contributed by atoms with Crippen LogP contribution in [-0.2, 0) is 0 Å². The van der Waals surface area contributed by atoms with Gasteiger partial charge in [0.05, 0.1) is 0 Å². The smallest absolute Gasteiger partial charge is 0.319 e. The summed E-state index contributed by atoms with van der Waals surface area (Å²) in [6.07, 6.45) is 10.7. The minimum atomic E-state index is 0.0806. The summed E-state index contributed by atoms with van der Waals surface area (Å²) in [4.78, 5) is 14.3. The zero-order chi connectivity index (χ0) is 13.8. The lowest BCUT2D eigenvalue weighted by molar-refractivity contribution is 0.125. The Labute approximate surface area is 117 Å². The number of piperidine rings is 1. The van der Waals surface area contributed by atoms with Crippen molar-refractivity contribution in [3.8, 4) is 0 Å². The lowest BCUT2D eigenvalue weighted by atomic mass is 9.98. The van der Waals surface area contributed by atoms with Crippen LogP contribution >= 0.6 is 0 Å². The maximum atomic E-state index is 12.3. The molecule has 0 aromatic rings. The number of carbonyl (C=O) groups excluding carboxylic acids is 1. The largest absolute Gasteiger partial charge is 0.321 e. The maximum Gasteiger partial charge on any atom is 0.321 e. The van der Waals surface area contributed by atoms with Crippen molar-refractivity contribution in [2.75, 3.05) is 0 Å². The van der Waals surface area contributed by atoms with Gasteiger partial charge in [-0.25, -0.2) is 4.79 Å². The molecule has 2 rings (SSSR count). The second-order valence-electron chi connectivity index (χ2n) is 6.36. The Bertz CT molecular complexity index is 335. The number of urea groups is 1. The van der Waals surface area contributed by atoms with Gasteiger partial charge in [0.2, 0.25) is 0 Å². The number of likely N-dealkylation sites (tertiary alicyclic amines) is 1. The fourth-order valence-corrected chi connectivity index (χ4v) is 3.57. The van der Waals surface area contributed by atoms with Crippen molar-refractivity contribution in [2.24, 2.45) is 5.92 Å². The molecule has 0 bridgehead atoms. The molecule has 0 radical (unpaired) electrons. The zero-order valence-corrected chi connectivity index (χ0v) is 12.6. The van der Waals surface area contributed by atoms with E-state index in [-0.39, 0.29) is 6.03 Å². The van der Waals surface area contributed by atoms with Crippen LogP contribution < -0.4 is 5.32 Å². The van der Waals surface area contributed by atoms with Crippen LogP contribution in [0.3, 0.4) is 0 Å². The standard InChI is InChI=1S/C16H28N2O/c1-12(15-9-4-5-10-15)11-17-16(19)18-13(2)7-6-8-14(18)3/h11,13-15H,4-10H2,1-3H3,(H,17,19)/b12-11+. The molecule has 1 saturated heterocycles. The molecular weight excluding hydrogens is 236 g/mol. The van der Waals surface area contributed by atoms with Gasteiger partial charge in [-0.05, 0) is 58.8 Å². The molecule has 0 spiro atoms. The average Bonchev–Trinajstić information content (AvgIpc) is 2.89. The molecular formula is C16H28N2O. The highest BCUT2D eigenvalue weighted by Gasteiger charge is 2.28. The highest BCUT2D eigenvalue weighted by molar-refractivity contribution is 5.76. The van der Waals surface area contributed by atoms with E-state index in [4.69, 9.17) is 0 Å². The summed E-state index contributed by atoms with van der Waals surface area (Å²) in [5, 5.41) is 3.01. The van der Waals surface area contributed by atoms with Gasteiger partial charge in [0, 0.05) is 18.3 Å². The van der Waals surface area contributed by atoms with E-state index in [0.717, 1.165) is 12.8 Å². The van der Waals surface area contributed by atoms with Crippen molar-refractivity contribution in [3.63, 3.8) is 0 Å². The maximum absolute atomic E-state index is 12.3. The Hall–Kier alpha value is -0.990. The SMILES string of the molecule is C/C(=C\NC(=O)N1C(C)CCCC1C)C1CCCC1. The first-order valence-corrected chi connectivity index (χ1v) is 7.85. The van der Waals surface area contributed by atoms with E-state index in [9.17, 15) is 4.79 Å². The van der Waals surface area contributed by atoms with Gasteiger partial charge >= 0.3 is 6.03 Å². The van der Waals surface area contributed by atoms with Crippen LogP contribution in [-0.4, -0.2) is 23.0 Å². The van der Waals surface area contributed by atoms with Crippen LogP contribution in [0.5, 0.6) is 0 Å². The number of allylic oxidation sites excluding steroid dienone is 1. The monoisotopic (exact) mass is 264 g/mol. The minimum absolute atomic E-state index is 0.0806. The molecule has 1 heterocycles. The van der Waals surface area contributed by atoms with E-state index in [0.29, 0.717) is 18.0 Å². The van der Waals surface area contributed by atoms with E-state index >= 15 is 0 Å². The lowest BCUT2D eigenvalue weighted by Gasteiger charge is -2.38. The van der Waals surface area contributed by atoms with Crippen LogP contribution in [0.2, 0.25) is 0 Å². The fraction of sp³-hybridized carbons (Fsp3) is 0.812. The van der Waals surface area contributed by atoms with Gasteiger partial charge in [0.25, 0.3) is 0 Å². The number of hydrogen-bond donors (Lipinski definition) is 1. The summed E-state index contributed by atoms with van der Waals surface area (Å²) in [5.74, 6) is 0.691. The molecule has 1 saturated carbocycles. The molecule has 3 nitrogen and oxygen atoms in total. The third-order valence-corrected chi connectivity index (χ3v) is 4.85. The molecule has 2 amide bonds. The molecule has 1 aliphatic carbocycles. The molecule has 108 valence electrons. The normalized spacial score (nSPS) is 29.6. The second-order valence-corrected chi connectivity index (χ2v) is 6.36. The quantitative estimate of drug-likeness (QED) is 0.801. The van der Waals surface area contributed by atoms with Gasteiger partial charge < -0.3 is 10.2 Å². The first-order chi connectivity index (χ1) is 9.09. The Morgan fingerprint density at radius 2 is 1.63 bits per heavy atom. The molecule has 2 unspecified atom stereocenters. The number of carbonyl (C=O) groups is 1. The van der Waals surface area contributed by atoms with E-state index < -0.39 is 0 Å². The summed E-state index contributed by atoms with van der Waals surface area (Å²) in [5.41, 5.74) is 1.34. The van der Waals surface area contributed by atoms with Crippen LogP contribution in [0, 0.1) is 5.92 Å². The summed E-state index contributed by atoms with van der Waals surface area (Å²) in [6.45, 7) is 6.46. The number of nitrogens with zero attached hydrogens (tertiary/aromatic N) is 1. The predicted octanol–water partition coefficient (Wildman–Crippen LogP) is 4.05. The highest BCUT2D eigenvalue weighted by Crippen LogP contribution is 2.30. The molecule has 2 aliphatic rings. The van der Waals surface area contributed by atoms with Gasteiger partial charge in [-0.2, -0.15) is 0 Å². The fourth-order valence-electron chi connectivity index (χ4n) is 3.57. The van der Waals surface area contributed by atoms with Crippen molar-refractivity contribution in [2.45, 2.75) is 77.8 Å². The van der Waals surface area contributed by atoms with Crippen molar-refractivity contribution < 1.29 is 4.79 Å². The number of nitrogens with one attached hydrogen (secondary N) is 1. The van der Waals surface area contributed by atoms with E-state index in [1.165, 1.54) is 37.7 Å². The Kier molecular flexibility index (Phi) is 4.89. The molecule has 1 N–H and O–H groups in total. The van der Waals surface area contributed by atoms with Crippen molar-refractivity contribution in [1.29, 1.82) is 0 Å². The van der Waals surface area contributed by atoms with Gasteiger partial charge in [-0.15, -0.1) is 0 Å². The molecule has 2 fully saturated rings. The topological polar surface area (TPSA) is 32.3 Å². The van der Waals surface area contributed by atoms with E-state index in [2.05, 4.69) is 26.1 Å². The first-order valence-electron chi connectivity index (χ1n) is 7.85. The number of amides is 2. The lowest BCUT2D eigenvalue weighted by Crippen LogP contribution is -2.50. The predicted molar refractivity (Wildman–Crippen MR) is 78.9 cm³/mol. The van der Waals surface area contributed by atoms with Gasteiger partial charge in [0.1, 0.15) is 0 Å². The van der Waals surface area contributed by atoms with E-state index in [1.807, 2.05) is 11.1 Å². The van der Waals surface area contributed by atoms with Gasteiger partial charge in [-0.1, -0.05) is 18.4 Å². The summed E-state index contributed by atoms with van der Waals surface area (Å²) in [7, 11) is 0. The number of rotatable bonds is 2. The van der Waals surface area contributed by atoms with Crippen molar-refractivity contribution in [3.05, 3.63) is 11.8 Å². The van der Waals surface area contributed by atoms with Crippen LogP contribution in [0.1, 0.15) is 65.7 Å². The third-order valence-electron chi connectivity index (χ3n) is 4.85. The average molecular weight is 264 g/mol. The molecule has 0 aromatic heterocycles. The molecule has 19 heavy (non-hydrogen) atoms. The van der Waals surface area contributed by atoms with Crippen LogP contribution in [0.25, 0.3) is 0 Å². The highest BCUT2D eigenvalue weighted by atomic mass is 16.2. The first kappa shape index (κ1) is 14.4. The molecule has 0 aromatic carbocycles.